The molecule has 0 saturated carbocycles. The molecule has 2 amide bonds. The number of amides is 2. The molecule has 94 valence electrons. The van der Waals surface area contributed by atoms with Crippen LogP contribution in [0.4, 0.5) is 4.79 Å². The molecule has 0 radical (unpaired) electrons. The summed E-state index contributed by atoms with van der Waals surface area (Å²) in [5.41, 5.74) is 3.24. The molecule has 0 atom stereocenters. The second-order valence-electron chi connectivity index (χ2n) is 3.88. The number of fused-ring (bicyclic) bond motifs is 1. The van der Waals surface area contributed by atoms with E-state index in [1.165, 1.54) is 9.58 Å². The number of aromatic nitrogens is 2. The molecular formula is C11H12N4O3. The first kappa shape index (κ1) is 11.9. The minimum atomic E-state index is -1.26. The van der Waals surface area contributed by atoms with Gasteiger partial charge in [0.05, 0.1) is 11.0 Å². The highest BCUT2D eigenvalue weighted by Crippen LogP contribution is 2.15. The van der Waals surface area contributed by atoms with E-state index >= 15 is 0 Å². The van der Waals surface area contributed by atoms with Crippen LogP contribution in [-0.4, -0.2) is 45.8 Å². The van der Waals surface area contributed by atoms with Crippen LogP contribution in [0.2, 0.25) is 0 Å². The fraction of sp³-hybridized carbons (Fsp3) is 0.182. The van der Waals surface area contributed by atoms with Crippen LogP contribution in [0, 0.1) is 0 Å². The van der Waals surface area contributed by atoms with Crippen molar-refractivity contribution in [3.63, 3.8) is 0 Å². The molecule has 0 fully saturated rings. The summed E-state index contributed by atoms with van der Waals surface area (Å²) < 4.78 is 1.17. The first-order valence-corrected chi connectivity index (χ1v) is 5.20. The molecule has 0 aliphatic heterocycles. The van der Waals surface area contributed by atoms with Crippen LogP contribution >= 0.6 is 0 Å². The Morgan fingerprint density at radius 1 is 1.33 bits per heavy atom. The van der Waals surface area contributed by atoms with Crippen molar-refractivity contribution in [2.24, 2.45) is 0 Å². The Balaban J connectivity index is 2.64. The first-order valence-electron chi connectivity index (χ1n) is 5.20. The lowest BCUT2D eigenvalue weighted by Crippen LogP contribution is -2.30. The average molecular weight is 248 g/mol. The van der Waals surface area contributed by atoms with Crippen LogP contribution in [0.5, 0.6) is 0 Å². The molecular weight excluding hydrogens is 236 g/mol. The summed E-state index contributed by atoms with van der Waals surface area (Å²) in [4.78, 5) is 28.2. The quantitative estimate of drug-likeness (QED) is 0.828. The van der Waals surface area contributed by atoms with E-state index in [0.29, 0.717) is 11.0 Å². The van der Waals surface area contributed by atoms with E-state index in [0.717, 1.165) is 0 Å². The molecule has 0 aliphatic carbocycles. The summed E-state index contributed by atoms with van der Waals surface area (Å²) in [6.45, 7) is 0. The van der Waals surface area contributed by atoms with Crippen molar-refractivity contribution in [1.29, 1.82) is 0 Å². The van der Waals surface area contributed by atoms with Gasteiger partial charge in [-0.1, -0.05) is 12.1 Å². The minimum absolute atomic E-state index is 0.0311. The molecule has 7 heteroatoms. The number of rotatable bonds is 2. The maximum Gasteiger partial charge on any atom is 0.424 e. The molecule has 0 unspecified atom stereocenters. The number of hydrogen-bond donors (Lipinski definition) is 2. The van der Waals surface area contributed by atoms with Gasteiger partial charge in [-0.2, -0.15) is 0 Å². The third kappa shape index (κ3) is 1.97. The Kier molecular flexibility index (Phi) is 2.88. The monoisotopic (exact) mass is 248 g/mol. The Morgan fingerprint density at radius 2 is 2.00 bits per heavy atom. The number of imidazole rings is 1. The van der Waals surface area contributed by atoms with E-state index in [1.54, 1.807) is 38.4 Å². The number of para-hydroxylation sites is 2. The summed E-state index contributed by atoms with van der Waals surface area (Å²) in [5.74, 6) is -0.344. The van der Waals surface area contributed by atoms with Crippen LogP contribution in [0.15, 0.2) is 24.3 Å². The van der Waals surface area contributed by atoms with Crippen LogP contribution in [-0.2, 0) is 0 Å². The van der Waals surface area contributed by atoms with E-state index in [2.05, 4.69) is 10.4 Å². The number of nitrogens with zero attached hydrogens (tertiary/aromatic N) is 3. The molecule has 2 rings (SSSR count). The molecule has 2 aromatic rings. The second-order valence-corrected chi connectivity index (χ2v) is 3.88. The Bertz CT molecular complexity index is 618. The van der Waals surface area contributed by atoms with Gasteiger partial charge in [-0.25, -0.2) is 19.9 Å². The SMILES string of the molecule is CN(C)C(=O)c1nc2ccccc2n1NC(=O)O. The molecule has 0 aliphatic rings. The van der Waals surface area contributed by atoms with Crippen LogP contribution in [0.25, 0.3) is 11.0 Å². The van der Waals surface area contributed by atoms with E-state index in [4.69, 9.17) is 5.11 Å². The van der Waals surface area contributed by atoms with Gasteiger partial charge in [0.2, 0.25) is 5.82 Å². The van der Waals surface area contributed by atoms with Crippen molar-refractivity contribution < 1.29 is 14.7 Å². The van der Waals surface area contributed by atoms with Gasteiger partial charge >= 0.3 is 6.09 Å². The average Bonchev–Trinajstić information content (AvgIpc) is 2.66. The predicted molar refractivity (Wildman–Crippen MR) is 65.1 cm³/mol. The van der Waals surface area contributed by atoms with Gasteiger partial charge in [-0.3, -0.25) is 4.79 Å². The largest absolute Gasteiger partial charge is 0.464 e. The van der Waals surface area contributed by atoms with E-state index < -0.39 is 6.09 Å². The van der Waals surface area contributed by atoms with Gasteiger partial charge < -0.3 is 10.0 Å². The van der Waals surface area contributed by atoms with Crippen molar-refractivity contribution in [3.8, 4) is 0 Å². The zero-order valence-corrected chi connectivity index (χ0v) is 9.91. The zero-order valence-electron chi connectivity index (χ0n) is 9.91. The molecule has 1 aromatic heterocycles. The van der Waals surface area contributed by atoms with Gasteiger partial charge in [-0.15, -0.1) is 0 Å². The van der Waals surface area contributed by atoms with Crippen molar-refractivity contribution in [3.05, 3.63) is 30.1 Å². The highest BCUT2D eigenvalue weighted by atomic mass is 16.4. The molecule has 1 aromatic carbocycles. The third-order valence-electron chi connectivity index (χ3n) is 2.37. The number of benzene rings is 1. The smallest absolute Gasteiger partial charge is 0.424 e. The van der Waals surface area contributed by atoms with E-state index in [-0.39, 0.29) is 11.7 Å². The minimum Gasteiger partial charge on any atom is -0.464 e. The topological polar surface area (TPSA) is 87.5 Å². The molecule has 0 bridgehead atoms. The molecule has 7 nitrogen and oxygen atoms in total. The number of nitrogens with one attached hydrogen (secondary N) is 1. The van der Waals surface area contributed by atoms with Gasteiger partial charge in [0, 0.05) is 14.1 Å². The van der Waals surface area contributed by atoms with E-state index in [1.807, 2.05) is 0 Å². The lowest BCUT2D eigenvalue weighted by molar-refractivity contribution is 0.0813. The van der Waals surface area contributed by atoms with E-state index in [9.17, 15) is 9.59 Å². The number of carbonyl (C=O) groups excluding carboxylic acids is 1. The lowest BCUT2D eigenvalue weighted by atomic mass is 10.3. The summed E-state index contributed by atoms with van der Waals surface area (Å²) in [6, 6.07) is 6.91. The summed E-state index contributed by atoms with van der Waals surface area (Å²) in [5, 5.41) is 8.80. The molecule has 0 saturated heterocycles. The number of carboxylic acid groups (broad SMARTS) is 1. The van der Waals surface area contributed by atoms with Crippen molar-refractivity contribution in [2.75, 3.05) is 19.5 Å². The summed E-state index contributed by atoms with van der Waals surface area (Å²) >= 11 is 0. The van der Waals surface area contributed by atoms with Crippen molar-refractivity contribution in [1.82, 2.24) is 14.6 Å². The maximum absolute atomic E-state index is 11.9. The van der Waals surface area contributed by atoms with Crippen molar-refractivity contribution >= 4 is 23.0 Å². The molecule has 0 spiro atoms. The molecule has 1 heterocycles. The number of carbonyl (C=O) groups is 2. The predicted octanol–water partition coefficient (Wildman–Crippen LogP) is 0.960. The second kappa shape index (κ2) is 4.36. The highest BCUT2D eigenvalue weighted by Gasteiger charge is 2.20. The van der Waals surface area contributed by atoms with Crippen molar-refractivity contribution in [2.45, 2.75) is 0 Å². The van der Waals surface area contributed by atoms with Gasteiger partial charge in [0.25, 0.3) is 5.91 Å². The van der Waals surface area contributed by atoms with Crippen LogP contribution in [0.1, 0.15) is 10.6 Å². The van der Waals surface area contributed by atoms with Crippen LogP contribution < -0.4 is 5.43 Å². The molecule has 2 N–H and O–H groups in total. The normalized spacial score (nSPS) is 10.3. The molecule has 18 heavy (non-hydrogen) atoms. The van der Waals surface area contributed by atoms with Gasteiger partial charge in [0.15, 0.2) is 0 Å². The third-order valence-corrected chi connectivity index (χ3v) is 2.37. The summed E-state index contributed by atoms with van der Waals surface area (Å²) in [6.07, 6.45) is -1.26. The highest BCUT2D eigenvalue weighted by molar-refractivity contribution is 5.95. The standard InChI is InChI=1S/C11H12N4O3/c1-14(2)10(16)9-12-7-5-3-4-6-8(7)15(9)13-11(17)18/h3-6,13H,1-2H3,(H,17,18). The van der Waals surface area contributed by atoms with Gasteiger partial charge in [0.1, 0.15) is 0 Å². The number of hydrogen-bond acceptors (Lipinski definition) is 3. The first-order chi connectivity index (χ1) is 8.50. The van der Waals surface area contributed by atoms with Crippen LogP contribution in [0.3, 0.4) is 0 Å². The van der Waals surface area contributed by atoms with Gasteiger partial charge in [-0.05, 0) is 12.1 Å². The Labute approximate surface area is 103 Å². The fourth-order valence-corrected chi connectivity index (χ4v) is 1.58. The Hall–Kier alpha value is -2.57. The summed E-state index contributed by atoms with van der Waals surface area (Å²) in [7, 11) is 3.15. The maximum atomic E-state index is 11.9. The fourth-order valence-electron chi connectivity index (χ4n) is 1.58. The lowest BCUT2D eigenvalue weighted by Gasteiger charge is -2.11. The zero-order chi connectivity index (χ0) is 13.3. The Morgan fingerprint density at radius 3 is 2.61 bits per heavy atom.